The zero-order valence-electron chi connectivity index (χ0n) is 15.3. The average molecular weight is 368 g/mol. The molecule has 142 valence electrons. The van der Waals surface area contributed by atoms with Crippen molar-refractivity contribution in [2.75, 3.05) is 13.2 Å². The summed E-state index contributed by atoms with van der Waals surface area (Å²) in [4.78, 5) is 0. The molecule has 1 atom stereocenters. The second kappa shape index (κ2) is 8.86. The smallest absolute Gasteiger partial charge is 0.130 e. The number of aliphatic hydroxyl groups is 3. The first-order valence-electron chi connectivity index (χ1n) is 8.87. The van der Waals surface area contributed by atoms with Gasteiger partial charge in [0.25, 0.3) is 0 Å². The number of hydrogen-bond donors (Lipinski definition) is 3. The van der Waals surface area contributed by atoms with Crippen molar-refractivity contribution in [2.45, 2.75) is 26.2 Å². The van der Waals surface area contributed by atoms with E-state index in [-0.39, 0.29) is 26.4 Å². The molecule has 3 aromatic carbocycles. The van der Waals surface area contributed by atoms with E-state index in [9.17, 15) is 15.3 Å². The van der Waals surface area contributed by atoms with Gasteiger partial charge in [0.2, 0.25) is 0 Å². The Balaban J connectivity index is 1.60. The fourth-order valence-corrected chi connectivity index (χ4v) is 3.03. The summed E-state index contributed by atoms with van der Waals surface area (Å²) in [7, 11) is 0. The zero-order valence-corrected chi connectivity index (χ0v) is 15.3. The quantitative estimate of drug-likeness (QED) is 0.570. The molecule has 3 rings (SSSR count). The van der Waals surface area contributed by atoms with Crippen LogP contribution in [0.15, 0.2) is 54.6 Å². The fraction of sp³-hybridized carbons (Fsp3) is 0.273. The van der Waals surface area contributed by atoms with E-state index in [1.54, 1.807) is 12.1 Å². The molecule has 0 bridgehead atoms. The van der Waals surface area contributed by atoms with E-state index in [0.717, 1.165) is 16.3 Å². The van der Waals surface area contributed by atoms with E-state index in [4.69, 9.17) is 9.47 Å². The molecule has 1 unspecified atom stereocenters. The number of fused-ring (bicyclic) bond motifs is 1. The third-order valence-electron chi connectivity index (χ3n) is 4.31. The summed E-state index contributed by atoms with van der Waals surface area (Å²) in [5.74, 6) is 1.09. The molecule has 27 heavy (non-hydrogen) atoms. The molecule has 3 N–H and O–H groups in total. The first-order chi connectivity index (χ1) is 13.1. The highest BCUT2D eigenvalue weighted by molar-refractivity contribution is 5.83. The summed E-state index contributed by atoms with van der Waals surface area (Å²) in [6.07, 6.45) is -0.851. The van der Waals surface area contributed by atoms with Crippen LogP contribution >= 0.6 is 0 Å². The van der Waals surface area contributed by atoms with Crippen molar-refractivity contribution in [3.05, 3.63) is 71.3 Å². The molecular weight excluding hydrogens is 344 g/mol. The van der Waals surface area contributed by atoms with Crippen molar-refractivity contribution in [1.82, 2.24) is 0 Å². The molecule has 5 nitrogen and oxygen atoms in total. The Hall–Kier alpha value is -2.60. The van der Waals surface area contributed by atoms with Gasteiger partial charge in [0.1, 0.15) is 30.8 Å². The first-order valence-corrected chi connectivity index (χ1v) is 8.87. The summed E-state index contributed by atoms with van der Waals surface area (Å²) in [6.45, 7) is 1.56. The third-order valence-corrected chi connectivity index (χ3v) is 4.31. The number of aryl methyl sites for hydroxylation is 1. The van der Waals surface area contributed by atoms with Gasteiger partial charge in [-0.15, -0.1) is 0 Å². The molecular formula is C22H24O5. The van der Waals surface area contributed by atoms with Crippen molar-refractivity contribution in [3.8, 4) is 11.5 Å². The lowest BCUT2D eigenvalue weighted by Crippen LogP contribution is -2.25. The van der Waals surface area contributed by atoms with Gasteiger partial charge in [0.05, 0.1) is 13.2 Å². The highest BCUT2D eigenvalue weighted by atomic mass is 16.5. The van der Waals surface area contributed by atoms with E-state index < -0.39 is 6.10 Å². The maximum atomic E-state index is 10.2. The van der Waals surface area contributed by atoms with Gasteiger partial charge in [-0.25, -0.2) is 0 Å². The second-order valence-electron chi connectivity index (χ2n) is 6.51. The SMILES string of the molecule is Cc1cc(CO)c(OCC(O)COc2ccc3ccccc3c2)c(CO)c1. The average Bonchev–Trinajstić information content (AvgIpc) is 2.70. The summed E-state index contributed by atoms with van der Waals surface area (Å²) in [5.41, 5.74) is 2.10. The number of benzene rings is 3. The van der Waals surface area contributed by atoms with Crippen LogP contribution in [0.1, 0.15) is 16.7 Å². The van der Waals surface area contributed by atoms with Gasteiger partial charge in [-0.2, -0.15) is 0 Å². The molecule has 0 saturated heterocycles. The van der Waals surface area contributed by atoms with Gasteiger partial charge in [-0.1, -0.05) is 48.0 Å². The van der Waals surface area contributed by atoms with Crippen LogP contribution < -0.4 is 9.47 Å². The number of aliphatic hydroxyl groups excluding tert-OH is 3. The maximum absolute atomic E-state index is 10.2. The van der Waals surface area contributed by atoms with Crippen molar-refractivity contribution in [3.63, 3.8) is 0 Å². The molecule has 3 aromatic rings. The molecule has 0 radical (unpaired) electrons. The predicted molar refractivity (Wildman–Crippen MR) is 104 cm³/mol. The molecule has 0 aliphatic carbocycles. The van der Waals surface area contributed by atoms with Crippen molar-refractivity contribution in [1.29, 1.82) is 0 Å². The van der Waals surface area contributed by atoms with E-state index in [1.165, 1.54) is 0 Å². The molecule has 0 aliphatic rings. The highest BCUT2D eigenvalue weighted by Crippen LogP contribution is 2.27. The minimum Gasteiger partial charge on any atom is -0.491 e. The summed E-state index contributed by atoms with van der Waals surface area (Å²) in [6, 6.07) is 17.3. The molecule has 0 aliphatic heterocycles. The van der Waals surface area contributed by atoms with Crippen LogP contribution in [0.4, 0.5) is 0 Å². The molecule has 0 aromatic heterocycles. The predicted octanol–water partition coefficient (Wildman–Crippen LogP) is 2.95. The Morgan fingerprint density at radius 2 is 1.44 bits per heavy atom. The topological polar surface area (TPSA) is 79.2 Å². The van der Waals surface area contributed by atoms with Crippen molar-refractivity contribution < 1.29 is 24.8 Å². The number of hydrogen-bond acceptors (Lipinski definition) is 5. The minimum atomic E-state index is -0.851. The first kappa shape index (κ1) is 19.2. The van der Waals surface area contributed by atoms with Crippen LogP contribution in [-0.2, 0) is 13.2 Å². The van der Waals surface area contributed by atoms with Gasteiger partial charge >= 0.3 is 0 Å². The Morgan fingerprint density at radius 1 is 0.815 bits per heavy atom. The van der Waals surface area contributed by atoms with Gasteiger partial charge in [-0.3, -0.25) is 0 Å². The number of ether oxygens (including phenoxy) is 2. The monoisotopic (exact) mass is 368 g/mol. The second-order valence-corrected chi connectivity index (χ2v) is 6.51. The van der Waals surface area contributed by atoms with Gasteiger partial charge in [0, 0.05) is 11.1 Å². The van der Waals surface area contributed by atoms with E-state index in [0.29, 0.717) is 22.6 Å². The molecule has 0 spiro atoms. The Kier molecular flexibility index (Phi) is 6.29. The molecule has 0 saturated carbocycles. The lowest BCUT2D eigenvalue weighted by Gasteiger charge is -2.18. The van der Waals surface area contributed by atoms with Crippen LogP contribution in [0.5, 0.6) is 11.5 Å². The summed E-state index contributed by atoms with van der Waals surface area (Å²) >= 11 is 0. The van der Waals surface area contributed by atoms with Gasteiger partial charge in [0.15, 0.2) is 0 Å². The largest absolute Gasteiger partial charge is 0.491 e. The zero-order chi connectivity index (χ0) is 19.2. The molecule has 0 fully saturated rings. The van der Waals surface area contributed by atoms with Gasteiger partial charge in [-0.05, 0) is 29.8 Å². The maximum Gasteiger partial charge on any atom is 0.130 e. The highest BCUT2D eigenvalue weighted by Gasteiger charge is 2.13. The van der Waals surface area contributed by atoms with Gasteiger partial charge < -0.3 is 24.8 Å². The minimum absolute atomic E-state index is 0.00333. The van der Waals surface area contributed by atoms with E-state index >= 15 is 0 Å². The molecule has 0 amide bonds. The number of rotatable bonds is 8. The third kappa shape index (κ3) is 4.77. The fourth-order valence-electron chi connectivity index (χ4n) is 3.03. The van der Waals surface area contributed by atoms with Crippen LogP contribution in [0, 0.1) is 6.92 Å². The summed E-state index contributed by atoms with van der Waals surface area (Å²) in [5, 5.41) is 31.4. The van der Waals surface area contributed by atoms with E-state index in [2.05, 4.69) is 0 Å². The normalized spacial score (nSPS) is 12.1. The van der Waals surface area contributed by atoms with Crippen molar-refractivity contribution >= 4 is 10.8 Å². The standard InChI is InChI=1S/C22H24O5/c1-15-8-18(11-23)22(19(9-15)12-24)27-14-20(25)13-26-21-7-6-16-4-2-3-5-17(16)10-21/h2-10,20,23-25H,11-14H2,1H3. The molecule has 5 heteroatoms. The Bertz CT molecular complexity index is 881. The van der Waals surface area contributed by atoms with Crippen LogP contribution in [-0.4, -0.2) is 34.6 Å². The summed E-state index contributed by atoms with van der Waals surface area (Å²) < 4.78 is 11.3. The molecule has 0 heterocycles. The lowest BCUT2D eigenvalue weighted by atomic mass is 10.1. The Morgan fingerprint density at radius 3 is 2.11 bits per heavy atom. The lowest BCUT2D eigenvalue weighted by molar-refractivity contribution is 0.0609. The van der Waals surface area contributed by atoms with Crippen LogP contribution in [0.2, 0.25) is 0 Å². The van der Waals surface area contributed by atoms with Crippen LogP contribution in [0.25, 0.3) is 10.8 Å². The van der Waals surface area contributed by atoms with Crippen molar-refractivity contribution in [2.24, 2.45) is 0 Å². The van der Waals surface area contributed by atoms with Crippen LogP contribution in [0.3, 0.4) is 0 Å². The van der Waals surface area contributed by atoms with E-state index in [1.807, 2.05) is 49.4 Å². The Labute approximate surface area is 158 Å².